The van der Waals surface area contributed by atoms with Crippen molar-refractivity contribution in [2.24, 2.45) is 11.8 Å². The third-order valence-electron chi connectivity index (χ3n) is 8.72. The minimum absolute atomic E-state index is 0.0883. The van der Waals surface area contributed by atoms with Gasteiger partial charge in [-0.2, -0.15) is 0 Å². The van der Waals surface area contributed by atoms with E-state index in [9.17, 15) is 19.5 Å². The highest BCUT2D eigenvalue weighted by molar-refractivity contribution is 6.00. The average Bonchev–Trinajstić information content (AvgIpc) is 3.14. The number of rotatable bonds is 7. The predicted molar refractivity (Wildman–Crippen MR) is 147 cm³/mol. The standard InChI is InChI=1S/C31H41N3O5/c1-29(2,3)34-19-12-16-31-24(27(37)33(25(31)28(34)38)18-9-6-10-20-35)23-26(36)32(17-11-15-30(23,4)39-31)21-22-13-7-5-8-14-22/h5,7-8,11-16,23-25,35H,6,9-10,17-21H2,1-4H3/t23-,24-,25?,30+,31-/m0/s1. The van der Waals surface area contributed by atoms with E-state index in [1.54, 1.807) is 14.7 Å². The second kappa shape index (κ2) is 10.2. The zero-order valence-electron chi connectivity index (χ0n) is 23.5. The van der Waals surface area contributed by atoms with Gasteiger partial charge in [0.1, 0.15) is 11.6 Å². The summed E-state index contributed by atoms with van der Waals surface area (Å²) < 4.78 is 6.89. The number of aliphatic hydroxyl groups is 1. The lowest BCUT2D eigenvalue weighted by Crippen LogP contribution is -2.59. The smallest absolute Gasteiger partial charge is 0.249 e. The molecule has 210 valence electrons. The minimum atomic E-state index is -1.24. The molecule has 4 aliphatic rings. The molecule has 1 N–H and O–H groups in total. The van der Waals surface area contributed by atoms with Gasteiger partial charge in [0, 0.05) is 38.3 Å². The minimum Gasteiger partial charge on any atom is -0.396 e. The molecule has 1 aromatic carbocycles. The summed E-state index contributed by atoms with van der Waals surface area (Å²) in [6.07, 6.45) is 9.75. The topological polar surface area (TPSA) is 90.4 Å². The first kappa shape index (κ1) is 27.6. The highest BCUT2D eigenvalue weighted by Gasteiger charge is 2.74. The Morgan fingerprint density at radius 2 is 1.64 bits per heavy atom. The van der Waals surface area contributed by atoms with E-state index in [4.69, 9.17) is 4.74 Å². The molecule has 8 nitrogen and oxygen atoms in total. The SMILES string of the molecule is CC(C)(C)N1CC=C[C@]23O[C@]4(C)C=CCN(Cc5ccccc5)C(=O)[C@@H]4[C@H]2C(=O)N(CCCCCO)C3C1=O. The van der Waals surface area contributed by atoms with E-state index < -0.39 is 34.6 Å². The summed E-state index contributed by atoms with van der Waals surface area (Å²) in [6.45, 7) is 9.60. The number of carbonyl (C=O) groups excluding carboxylic acids is 3. The van der Waals surface area contributed by atoms with E-state index in [1.807, 2.05) is 82.3 Å². The number of likely N-dealkylation sites (tertiary alicyclic amines) is 1. The Kier molecular flexibility index (Phi) is 7.22. The molecular weight excluding hydrogens is 494 g/mol. The molecule has 1 unspecified atom stereocenters. The van der Waals surface area contributed by atoms with Gasteiger partial charge in [0.25, 0.3) is 0 Å². The number of amides is 3. The van der Waals surface area contributed by atoms with Crippen molar-refractivity contribution >= 4 is 17.7 Å². The van der Waals surface area contributed by atoms with Crippen LogP contribution in [0.5, 0.6) is 0 Å². The molecule has 4 aliphatic heterocycles. The van der Waals surface area contributed by atoms with Gasteiger partial charge in [0.05, 0.1) is 17.4 Å². The van der Waals surface area contributed by atoms with Crippen LogP contribution in [0.1, 0.15) is 52.5 Å². The van der Waals surface area contributed by atoms with E-state index in [0.717, 1.165) is 12.0 Å². The molecule has 3 amide bonds. The number of aliphatic hydroxyl groups excluding tert-OH is 1. The van der Waals surface area contributed by atoms with Crippen molar-refractivity contribution in [1.82, 2.24) is 14.7 Å². The maximum Gasteiger partial charge on any atom is 0.249 e. The molecule has 2 saturated heterocycles. The van der Waals surface area contributed by atoms with Crippen LogP contribution in [0.2, 0.25) is 0 Å². The molecule has 8 heteroatoms. The molecule has 1 spiro atoms. The quantitative estimate of drug-likeness (QED) is 0.428. The third kappa shape index (κ3) is 4.61. The summed E-state index contributed by atoms with van der Waals surface area (Å²) in [7, 11) is 0. The number of fused-ring (bicyclic) bond motifs is 2. The lowest BCUT2D eigenvalue weighted by atomic mass is 9.74. The Labute approximate surface area is 231 Å². The number of nitrogens with zero attached hydrogens (tertiary/aromatic N) is 3. The van der Waals surface area contributed by atoms with Crippen LogP contribution in [-0.2, 0) is 25.7 Å². The van der Waals surface area contributed by atoms with Crippen molar-refractivity contribution in [2.45, 2.75) is 76.3 Å². The van der Waals surface area contributed by atoms with Crippen molar-refractivity contribution < 1.29 is 24.2 Å². The molecule has 0 aliphatic carbocycles. The van der Waals surface area contributed by atoms with Gasteiger partial charge >= 0.3 is 0 Å². The second-order valence-electron chi connectivity index (χ2n) is 12.4. The van der Waals surface area contributed by atoms with Crippen molar-refractivity contribution in [1.29, 1.82) is 0 Å². The van der Waals surface area contributed by atoms with Crippen LogP contribution in [0.15, 0.2) is 54.6 Å². The van der Waals surface area contributed by atoms with Crippen molar-refractivity contribution in [2.75, 3.05) is 26.2 Å². The Hall–Kier alpha value is -2.97. The number of benzene rings is 1. The second-order valence-corrected chi connectivity index (χ2v) is 12.4. The number of hydrogen-bond donors (Lipinski definition) is 1. The maximum atomic E-state index is 14.3. The summed E-state index contributed by atoms with van der Waals surface area (Å²) in [5.74, 6) is -2.03. The zero-order chi connectivity index (χ0) is 28.0. The summed E-state index contributed by atoms with van der Waals surface area (Å²) in [4.78, 5) is 48.2. The van der Waals surface area contributed by atoms with Crippen molar-refractivity contribution in [3.05, 3.63) is 60.2 Å². The van der Waals surface area contributed by atoms with E-state index in [2.05, 4.69) is 0 Å². The Balaban J connectivity index is 1.56. The lowest BCUT2D eigenvalue weighted by molar-refractivity contribution is -0.155. The maximum absolute atomic E-state index is 14.3. The van der Waals surface area contributed by atoms with E-state index in [1.165, 1.54) is 0 Å². The van der Waals surface area contributed by atoms with Gasteiger partial charge in [0.2, 0.25) is 17.7 Å². The summed E-state index contributed by atoms with van der Waals surface area (Å²) in [5, 5.41) is 9.26. The molecular formula is C31H41N3O5. The van der Waals surface area contributed by atoms with Crippen LogP contribution in [-0.4, -0.2) is 86.6 Å². The van der Waals surface area contributed by atoms with Gasteiger partial charge in [-0.25, -0.2) is 0 Å². The Morgan fingerprint density at radius 3 is 2.33 bits per heavy atom. The normalized spacial score (nSPS) is 32.3. The van der Waals surface area contributed by atoms with Crippen molar-refractivity contribution in [3.8, 4) is 0 Å². The van der Waals surface area contributed by atoms with Gasteiger partial charge < -0.3 is 24.5 Å². The fourth-order valence-electron chi connectivity index (χ4n) is 6.93. The zero-order valence-corrected chi connectivity index (χ0v) is 23.5. The fourth-order valence-corrected chi connectivity index (χ4v) is 6.93. The molecule has 0 bridgehead atoms. The van der Waals surface area contributed by atoms with Crippen molar-refractivity contribution in [3.63, 3.8) is 0 Å². The summed E-state index contributed by atoms with van der Waals surface area (Å²) in [5.41, 5.74) is -1.69. The number of ether oxygens (including phenoxy) is 1. The molecule has 0 radical (unpaired) electrons. The molecule has 4 heterocycles. The van der Waals surface area contributed by atoms with E-state index in [-0.39, 0.29) is 24.3 Å². The molecule has 2 fully saturated rings. The first-order valence-corrected chi connectivity index (χ1v) is 14.1. The largest absolute Gasteiger partial charge is 0.396 e. The van der Waals surface area contributed by atoms with Crippen LogP contribution in [0.3, 0.4) is 0 Å². The Bertz CT molecular complexity index is 1170. The van der Waals surface area contributed by atoms with Gasteiger partial charge in [-0.1, -0.05) is 54.6 Å². The molecule has 0 saturated carbocycles. The molecule has 1 aromatic rings. The monoisotopic (exact) mass is 535 g/mol. The van der Waals surface area contributed by atoms with Crippen LogP contribution >= 0.6 is 0 Å². The molecule has 39 heavy (non-hydrogen) atoms. The lowest BCUT2D eigenvalue weighted by Gasteiger charge is -2.41. The summed E-state index contributed by atoms with van der Waals surface area (Å²) >= 11 is 0. The number of carbonyl (C=O) groups is 3. The predicted octanol–water partition coefficient (Wildman–Crippen LogP) is 2.92. The van der Waals surface area contributed by atoms with Gasteiger partial charge in [-0.05, 0) is 52.5 Å². The molecule has 5 atom stereocenters. The highest BCUT2D eigenvalue weighted by atomic mass is 16.5. The number of hydrogen-bond acceptors (Lipinski definition) is 5. The first-order valence-electron chi connectivity index (χ1n) is 14.1. The number of unbranched alkanes of at least 4 members (excludes halogenated alkanes) is 2. The summed E-state index contributed by atoms with van der Waals surface area (Å²) in [6, 6.07) is 8.98. The fraction of sp³-hybridized carbons (Fsp3) is 0.581. The molecule has 5 rings (SSSR count). The van der Waals surface area contributed by atoms with Gasteiger partial charge in [-0.15, -0.1) is 0 Å². The third-order valence-corrected chi connectivity index (χ3v) is 8.72. The molecule has 0 aromatic heterocycles. The van der Waals surface area contributed by atoms with Crippen LogP contribution < -0.4 is 0 Å². The highest BCUT2D eigenvalue weighted by Crippen LogP contribution is 2.57. The van der Waals surface area contributed by atoms with E-state index >= 15 is 0 Å². The van der Waals surface area contributed by atoms with Crippen LogP contribution in [0.25, 0.3) is 0 Å². The van der Waals surface area contributed by atoms with Gasteiger partial charge in [0.15, 0.2) is 0 Å². The average molecular weight is 536 g/mol. The Morgan fingerprint density at radius 1 is 0.923 bits per heavy atom. The van der Waals surface area contributed by atoms with Gasteiger partial charge in [-0.3, -0.25) is 14.4 Å². The van der Waals surface area contributed by atoms with Crippen LogP contribution in [0.4, 0.5) is 0 Å². The van der Waals surface area contributed by atoms with Crippen LogP contribution in [0, 0.1) is 11.8 Å². The van der Waals surface area contributed by atoms with E-state index in [0.29, 0.717) is 39.0 Å². The first-order chi connectivity index (χ1) is 18.5.